The van der Waals surface area contributed by atoms with Gasteiger partial charge in [0, 0.05) is 6.54 Å². The van der Waals surface area contributed by atoms with Gasteiger partial charge in [0.2, 0.25) is 0 Å². The van der Waals surface area contributed by atoms with Gasteiger partial charge in [-0.1, -0.05) is 0 Å². The van der Waals surface area contributed by atoms with E-state index in [9.17, 15) is 0 Å². The topological polar surface area (TPSA) is 41.6 Å². The second kappa shape index (κ2) is 3.60. The Morgan fingerprint density at radius 2 is 1.83 bits per heavy atom. The van der Waals surface area contributed by atoms with Crippen molar-refractivity contribution in [3.8, 4) is 6.07 Å². The minimum atomic E-state index is 0.487. The predicted octanol–water partition coefficient (Wildman–Crippen LogP) is 2.97. The lowest BCUT2D eigenvalue weighted by atomic mass is 9.49. The fourth-order valence-electron chi connectivity index (χ4n) is 5.38. The highest BCUT2D eigenvalue weighted by molar-refractivity contribution is 5.18. The van der Waals surface area contributed by atoms with Crippen molar-refractivity contribution >= 4 is 0 Å². The van der Waals surface area contributed by atoms with Gasteiger partial charge in [0.25, 0.3) is 0 Å². The summed E-state index contributed by atoms with van der Waals surface area (Å²) in [7, 11) is 0. The van der Waals surface area contributed by atoms with Crippen LogP contribution >= 0.6 is 0 Å². The standard InChI is InChI=1S/C15H19N3/c16-7-14-8-17-10-18(14)9-15-4-11-1-12(5-15)3-13(2-11)6-15/h8,10-13H,1-6,9H2. The van der Waals surface area contributed by atoms with E-state index in [2.05, 4.69) is 15.6 Å². The summed E-state index contributed by atoms with van der Waals surface area (Å²) in [6, 6.07) is 2.26. The Balaban J connectivity index is 1.63. The van der Waals surface area contributed by atoms with Crippen LogP contribution in [0.3, 0.4) is 0 Å². The van der Waals surface area contributed by atoms with E-state index >= 15 is 0 Å². The summed E-state index contributed by atoms with van der Waals surface area (Å²) in [5.74, 6) is 2.93. The first-order valence-corrected chi connectivity index (χ1v) is 7.17. The van der Waals surface area contributed by atoms with Gasteiger partial charge in [-0.25, -0.2) is 4.98 Å². The molecule has 0 spiro atoms. The largest absolute Gasteiger partial charge is 0.322 e. The Kier molecular flexibility index (Phi) is 2.12. The van der Waals surface area contributed by atoms with E-state index in [4.69, 9.17) is 5.26 Å². The second-order valence-corrected chi connectivity index (χ2v) is 6.94. The zero-order valence-corrected chi connectivity index (χ0v) is 10.7. The third-order valence-corrected chi connectivity index (χ3v) is 5.50. The van der Waals surface area contributed by atoms with E-state index in [1.165, 1.54) is 38.5 Å². The van der Waals surface area contributed by atoms with Gasteiger partial charge in [0.15, 0.2) is 0 Å². The molecule has 5 rings (SSSR count). The number of hydrogen-bond donors (Lipinski definition) is 0. The van der Waals surface area contributed by atoms with Gasteiger partial charge in [-0.2, -0.15) is 5.26 Å². The summed E-state index contributed by atoms with van der Waals surface area (Å²) in [4.78, 5) is 4.13. The van der Waals surface area contributed by atoms with Crippen molar-refractivity contribution in [3.05, 3.63) is 18.2 Å². The van der Waals surface area contributed by atoms with Gasteiger partial charge >= 0.3 is 0 Å². The summed E-state index contributed by atoms with van der Waals surface area (Å²) in [6.07, 6.45) is 12.2. The maximum Gasteiger partial charge on any atom is 0.139 e. The highest BCUT2D eigenvalue weighted by Gasteiger charge is 2.50. The molecule has 0 aromatic carbocycles. The van der Waals surface area contributed by atoms with E-state index in [-0.39, 0.29) is 0 Å². The van der Waals surface area contributed by atoms with Crippen LogP contribution in [0.4, 0.5) is 0 Å². The predicted molar refractivity (Wildman–Crippen MR) is 67.5 cm³/mol. The van der Waals surface area contributed by atoms with Gasteiger partial charge in [0.05, 0.1) is 12.5 Å². The van der Waals surface area contributed by atoms with Gasteiger partial charge in [-0.15, -0.1) is 0 Å². The quantitative estimate of drug-likeness (QED) is 0.798. The van der Waals surface area contributed by atoms with E-state index in [0.29, 0.717) is 5.41 Å². The molecule has 4 aliphatic rings. The fraction of sp³-hybridized carbons (Fsp3) is 0.733. The van der Waals surface area contributed by atoms with E-state index in [1.54, 1.807) is 6.20 Å². The van der Waals surface area contributed by atoms with Crippen molar-refractivity contribution in [2.45, 2.75) is 45.1 Å². The number of imidazole rings is 1. The molecular formula is C15H19N3. The summed E-state index contributed by atoms with van der Waals surface area (Å²) in [5.41, 5.74) is 1.21. The summed E-state index contributed by atoms with van der Waals surface area (Å²) < 4.78 is 2.09. The highest BCUT2D eigenvalue weighted by Crippen LogP contribution is 2.60. The van der Waals surface area contributed by atoms with Crippen LogP contribution in [0.1, 0.15) is 44.2 Å². The normalized spacial score (nSPS) is 40.9. The molecule has 94 valence electrons. The maximum absolute atomic E-state index is 9.11. The molecule has 0 unspecified atom stereocenters. The Bertz CT molecular complexity index is 473. The Hall–Kier alpha value is -1.30. The number of nitrogens with zero attached hydrogens (tertiary/aromatic N) is 3. The van der Waals surface area contributed by atoms with Crippen LogP contribution in [0, 0.1) is 34.5 Å². The molecule has 0 aliphatic heterocycles. The average molecular weight is 241 g/mol. The molecule has 3 heteroatoms. The second-order valence-electron chi connectivity index (χ2n) is 6.94. The maximum atomic E-state index is 9.11. The van der Waals surface area contributed by atoms with Crippen molar-refractivity contribution < 1.29 is 0 Å². The Morgan fingerprint density at radius 1 is 1.22 bits per heavy atom. The van der Waals surface area contributed by atoms with Crippen LogP contribution in [0.5, 0.6) is 0 Å². The first-order chi connectivity index (χ1) is 8.76. The Morgan fingerprint density at radius 3 is 2.39 bits per heavy atom. The summed E-state index contributed by atoms with van der Waals surface area (Å²) in [5, 5.41) is 9.11. The lowest BCUT2D eigenvalue weighted by Crippen LogP contribution is -2.47. The van der Waals surface area contributed by atoms with Gasteiger partial charge in [-0.05, 0) is 61.7 Å². The number of rotatable bonds is 2. The smallest absolute Gasteiger partial charge is 0.139 e. The van der Waals surface area contributed by atoms with E-state index < -0.39 is 0 Å². The van der Waals surface area contributed by atoms with Crippen LogP contribution in [0.15, 0.2) is 12.5 Å². The van der Waals surface area contributed by atoms with Gasteiger partial charge in [0.1, 0.15) is 11.8 Å². The molecule has 0 N–H and O–H groups in total. The molecule has 0 amide bonds. The first-order valence-electron chi connectivity index (χ1n) is 7.17. The molecule has 4 aliphatic carbocycles. The monoisotopic (exact) mass is 241 g/mol. The van der Waals surface area contributed by atoms with Gasteiger partial charge in [-0.3, -0.25) is 0 Å². The lowest BCUT2D eigenvalue weighted by molar-refractivity contribution is -0.0620. The molecule has 4 saturated carbocycles. The SMILES string of the molecule is N#Cc1cncn1CC12CC3CC(CC(C3)C1)C2. The molecule has 1 aromatic rings. The molecule has 4 bridgehead atoms. The van der Waals surface area contributed by atoms with Crippen LogP contribution in [-0.2, 0) is 6.54 Å². The zero-order chi connectivity index (χ0) is 12.2. The minimum absolute atomic E-state index is 0.487. The van der Waals surface area contributed by atoms with Crippen molar-refractivity contribution in [2.75, 3.05) is 0 Å². The molecule has 0 atom stereocenters. The number of nitriles is 1. The molecule has 3 nitrogen and oxygen atoms in total. The molecule has 1 heterocycles. The van der Waals surface area contributed by atoms with Crippen LogP contribution in [0.25, 0.3) is 0 Å². The fourth-order valence-corrected chi connectivity index (χ4v) is 5.38. The minimum Gasteiger partial charge on any atom is -0.322 e. The van der Waals surface area contributed by atoms with Crippen molar-refractivity contribution in [1.82, 2.24) is 9.55 Å². The van der Waals surface area contributed by atoms with E-state index in [1.807, 2.05) is 6.33 Å². The molecule has 1 aromatic heterocycles. The van der Waals surface area contributed by atoms with Gasteiger partial charge < -0.3 is 4.57 Å². The zero-order valence-electron chi connectivity index (χ0n) is 10.7. The third kappa shape index (κ3) is 1.51. The summed E-state index contributed by atoms with van der Waals surface area (Å²) >= 11 is 0. The molecule has 0 saturated heterocycles. The van der Waals surface area contributed by atoms with Crippen LogP contribution in [0.2, 0.25) is 0 Å². The van der Waals surface area contributed by atoms with E-state index in [0.717, 1.165) is 30.0 Å². The molecule has 4 fully saturated rings. The molecule has 0 radical (unpaired) electrons. The van der Waals surface area contributed by atoms with Crippen LogP contribution < -0.4 is 0 Å². The van der Waals surface area contributed by atoms with Crippen LogP contribution in [-0.4, -0.2) is 9.55 Å². The average Bonchev–Trinajstić information content (AvgIpc) is 2.73. The summed E-state index contributed by atoms with van der Waals surface area (Å²) in [6.45, 7) is 1.03. The molecular weight excluding hydrogens is 222 g/mol. The number of aromatic nitrogens is 2. The third-order valence-electron chi connectivity index (χ3n) is 5.50. The Labute approximate surface area is 108 Å². The van der Waals surface area contributed by atoms with Crippen molar-refractivity contribution in [2.24, 2.45) is 23.2 Å². The van der Waals surface area contributed by atoms with Crippen molar-refractivity contribution in [1.29, 1.82) is 5.26 Å². The first kappa shape index (κ1) is 10.6. The lowest BCUT2D eigenvalue weighted by Gasteiger charge is -2.57. The number of hydrogen-bond acceptors (Lipinski definition) is 2. The van der Waals surface area contributed by atoms with Crippen molar-refractivity contribution in [3.63, 3.8) is 0 Å². The molecule has 18 heavy (non-hydrogen) atoms. The highest BCUT2D eigenvalue weighted by atomic mass is 15.1.